The van der Waals surface area contributed by atoms with Gasteiger partial charge in [-0.05, 0) is 34.6 Å². The van der Waals surface area contributed by atoms with Crippen molar-refractivity contribution in [2.75, 3.05) is 26.4 Å². The van der Waals surface area contributed by atoms with E-state index >= 15 is 0 Å². The molecule has 0 radical (unpaired) electrons. The fraction of sp³-hybridized carbons (Fsp3) is 0.625. The van der Waals surface area contributed by atoms with E-state index in [1.807, 2.05) is 62.3 Å². The van der Waals surface area contributed by atoms with E-state index in [1.54, 1.807) is 17.9 Å². The summed E-state index contributed by atoms with van der Waals surface area (Å²) in [5.41, 5.74) is 1.30. The minimum atomic E-state index is -3.10. The number of aromatic nitrogens is 4. The summed E-state index contributed by atoms with van der Waals surface area (Å²) in [6.45, 7) is 15.7. The molecule has 0 amide bonds. The number of rotatable bonds is 15. The molecule has 0 saturated heterocycles. The lowest BCUT2D eigenvalue weighted by Gasteiger charge is -2.25. The molecule has 0 spiro atoms. The average molecular weight is 575 g/mol. The van der Waals surface area contributed by atoms with Gasteiger partial charge in [0.05, 0.1) is 37.9 Å². The molecule has 0 aliphatic carbocycles. The molecule has 0 aromatic carbocycles. The fourth-order valence-electron chi connectivity index (χ4n) is 3.06. The van der Waals surface area contributed by atoms with E-state index in [2.05, 4.69) is 15.0 Å². The molecule has 0 atom stereocenters. The monoisotopic (exact) mass is 574 g/mol. The summed E-state index contributed by atoms with van der Waals surface area (Å²) in [7, 11) is -3.10. The predicted molar refractivity (Wildman–Crippen MR) is 151 cm³/mol. The third-order valence-electron chi connectivity index (χ3n) is 4.53. The molecule has 0 fully saturated rings. The molecule has 0 saturated carbocycles. The largest absolute Gasteiger partial charge is 0.413 e. The summed E-state index contributed by atoms with van der Waals surface area (Å²) in [6, 6.07) is 3.42. The van der Waals surface area contributed by atoms with Gasteiger partial charge in [-0.1, -0.05) is 27.7 Å². The molecule has 0 N–H and O–H groups in total. The van der Waals surface area contributed by atoms with E-state index in [4.69, 9.17) is 43.9 Å². The van der Waals surface area contributed by atoms with E-state index < -0.39 is 14.3 Å². The summed E-state index contributed by atoms with van der Waals surface area (Å²) < 4.78 is 35.9. The maximum Gasteiger partial charge on any atom is 0.381 e. The van der Waals surface area contributed by atoms with E-state index in [0.717, 1.165) is 5.69 Å². The number of hydrogen-bond acceptors (Lipinski definition) is 11. The number of nitrogens with zero attached hydrogens (tertiary/aromatic N) is 4. The zero-order valence-electron chi connectivity index (χ0n) is 23.3. The second-order valence-electron chi connectivity index (χ2n) is 8.47. The van der Waals surface area contributed by atoms with Gasteiger partial charge in [0.1, 0.15) is 11.6 Å². The van der Waals surface area contributed by atoms with Crippen molar-refractivity contribution in [3.05, 3.63) is 35.2 Å². The molecular weight excluding hydrogens is 534 g/mol. The maximum atomic E-state index is 6.37. The molecule has 0 aliphatic heterocycles. The van der Waals surface area contributed by atoms with Crippen LogP contribution in [-0.4, -0.2) is 52.2 Å². The summed E-state index contributed by atoms with van der Waals surface area (Å²) in [5.74, 6) is 3.76. The first kappa shape index (κ1) is 31.8. The smallest absolute Gasteiger partial charge is 0.381 e. The van der Waals surface area contributed by atoms with Gasteiger partial charge in [0.2, 0.25) is 11.8 Å². The van der Waals surface area contributed by atoms with Crippen LogP contribution in [-0.2, 0) is 29.9 Å². The quantitative estimate of drug-likeness (QED) is 0.216. The summed E-state index contributed by atoms with van der Waals surface area (Å²) in [4.78, 5) is 18.4. The minimum absolute atomic E-state index is 0.0127. The Morgan fingerprint density at radius 1 is 0.730 bits per heavy atom. The summed E-state index contributed by atoms with van der Waals surface area (Å²) in [5, 5.41) is 0. The summed E-state index contributed by atoms with van der Waals surface area (Å²) >= 11 is 5.55. The van der Waals surface area contributed by atoms with Crippen molar-refractivity contribution in [1.29, 1.82) is 0 Å². The van der Waals surface area contributed by atoms with Crippen LogP contribution in [0.15, 0.2) is 12.1 Å². The zero-order chi connectivity index (χ0) is 27.6. The highest BCUT2D eigenvalue weighted by molar-refractivity contribution is 8.07. The van der Waals surface area contributed by atoms with Gasteiger partial charge in [0.15, 0.2) is 0 Å². The molecule has 0 unspecified atom stereocenters. The average Bonchev–Trinajstić information content (AvgIpc) is 2.78. The third-order valence-corrected chi connectivity index (χ3v) is 9.20. The summed E-state index contributed by atoms with van der Waals surface area (Å²) in [6.07, 6.45) is 0. The molecule has 0 bridgehead atoms. The van der Waals surface area contributed by atoms with E-state index in [0.29, 0.717) is 49.7 Å². The molecule has 2 rings (SSSR count). The maximum absolute atomic E-state index is 6.37. The highest BCUT2D eigenvalue weighted by Gasteiger charge is 2.27. The molecule has 2 aromatic rings. The topological polar surface area (TPSA) is 107 Å². The van der Waals surface area contributed by atoms with Gasteiger partial charge in [0.25, 0.3) is 0 Å². The second-order valence-corrected chi connectivity index (χ2v) is 13.4. The lowest BCUT2D eigenvalue weighted by atomic mass is 10.2. The van der Waals surface area contributed by atoms with Crippen LogP contribution in [0.2, 0.25) is 0 Å². The van der Waals surface area contributed by atoms with Crippen molar-refractivity contribution in [3.63, 3.8) is 0 Å². The van der Waals surface area contributed by atoms with E-state index in [1.165, 1.54) is 0 Å². The molecule has 2 aromatic heterocycles. The van der Waals surface area contributed by atoms with Gasteiger partial charge >= 0.3 is 14.3 Å². The van der Waals surface area contributed by atoms with Crippen molar-refractivity contribution in [2.24, 2.45) is 0 Å². The van der Waals surface area contributed by atoms with Crippen LogP contribution in [0.3, 0.4) is 0 Å². The van der Waals surface area contributed by atoms with Crippen LogP contribution >= 0.6 is 14.3 Å². The Hall–Kier alpha value is -1.45. The predicted octanol–water partition coefficient (Wildman–Crippen LogP) is 6.56. The normalized spacial score (nSPS) is 12.3. The molecule has 37 heavy (non-hydrogen) atoms. The lowest BCUT2D eigenvalue weighted by Crippen LogP contribution is -2.11. The zero-order valence-corrected chi connectivity index (χ0v) is 25.9. The van der Waals surface area contributed by atoms with Gasteiger partial charge < -0.3 is 18.1 Å². The Labute approximate surface area is 226 Å². The van der Waals surface area contributed by atoms with Crippen molar-refractivity contribution in [1.82, 2.24) is 19.9 Å². The fourth-order valence-corrected chi connectivity index (χ4v) is 6.97. The SMILES string of the molecule is CCOP(=S)(OCC)Oc1cc(C=P(OCC)(OCC)Oc2cc(C)nc(C(C)C)n2)nc(C(C)C)n1. The van der Waals surface area contributed by atoms with Gasteiger partial charge in [-0.25, -0.2) is 9.97 Å². The molecule has 13 heteroatoms. The van der Waals surface area contributed by atoms with Crippen molar-refractivity contribution >= 4 is 31.9 Å². The molecule has 2 heterocycles. The second kappa shape index (κ2) is 14.6. The number of hydrogen-bond donors (Lipinski definition) is 0. The first-order valence-electron chi connectivity index (χ1n) is 12.5. The van der Waals surface area contributed by atoms with Crippen molar-refractivity contribution < 1.29 is 27.1 Å². The van der Waals surface area contributed by atoms with Gasteiger partial charge in [-0.3, -0.25) is 9.05 Å². The van der Waals surface area contributed by atoms with Gasteiger partial charge in [0, 0.05) is 41.5 Å². The molecule has 208 valence electrons. The first-order chi connectivity index (χ1) is 17.5. The highest BCUT2D eigenvalue weighted by atomic mass is 32.5. The third kappa shape index (κ3) is 9.66. The Balaban J connectivity index is 2.66. The minimum Gasteiger partial charge on any atom is -0.413 e. The van der Waals surface area contributed by atoms with Crippen LogP contribution in [0.25, 0.3) is 0 Å². The van der Waals surface area contributed by atoms with Crippen LogP contribution < -0.4 is 9.05 Å². The Morgan fingerprint density at radius 3 is 1.70 bits per heavy atom. The molecular formula is C24H40N4O6P2S. The van der Waals surface area contributed by atoms with Crippen LogP contribution in [0.1, 0.15) is 90.3 Å². The Kier molecular flexibility index (Phi) is 12.6. The van der Waals surface area contributed by atoms with E-state index in [9.17, 15) is 0 Å². The van der Waals surface area contributed by atoms with Crippen LogP contribution in [0.5, 0.6) is 11.8 Å². The molecule has 0 aliphatic rings. The lowest BCUT2D eigenvalue weighted by molar-refractivity contribution is 0.213. The standard InChI is InChI=1S/C24H40N4O6P2S/c1-10-29-35(30-11-2,33-21-14-19(9)25-23(27-21)17(5)6)16-20-15-22(28-24(26-20)18(7)8)34-36(37,31-12-3)32-13-4/h14-18H,10-13H2,1-9H3. The van der Waals surface area contributed by atoms with E-state index in [-0.39, 0.29) is 17.7 Å². The Morgan fingerprint density at radius 2 is 1.22 bits per heavy atom. The Bertz CT molecular complexity index is 1110. The number of aryl methyl sites for hydroxylation is 1. The first-order valence-corrected chi connectivity index (χ1v) is 16.7. The van der Waals surface area contributed by atoms with Gasteiger partial charge in [-0.2, -0.15) is 9.97 Å². The van der Waals surface area contributed by atoms with Crippen LogP contribution in [0, 0.1) is 6.92 Å². The highest BCUT2D eigenvalue weighted by Crippen LogP contribution is 2.52. The van der Waals surface area contributed by atoms with Crippen molar-refractivity contribution in [2.45, 2.75) is 74.1 Å². The van der Waals surface area contributed by atoms with Crippen LogP contribution in [0.4, 0.5) is 0 Å². The van der Waals surface area contributed by atoms with Crippen molar-refractivity contribution in [3.8, 4) is 11.8 Å². The van der Waals surface area contributed by atoms with Gasteiger partial charge in [-0.15, -0.1) is 0 Å². The molecule has 10 nitrogen and oxygen atoms in total.